The van der Waals surface area contributed by atoms with Gasteiger partial charge in [0.15, 0.2) is 0 Å². The van der Waals surface area contributed by atoms with Crippen LogP contribution in [0.5, 0.6) is 0 Å². The third kappa shape index (κ3) is 5.22. The van der Waals surface area contributed by atoms with Gasteiger partial charge in [-0.2, -0.15) is 12.7 Å². The second-order valence-corrected chi connectivity index (χ2v) is 7.08. The first-order valence-corrected chi connectivity index (χ1v) is 8.37. The third-order valence-corrected chi connectivity index (χ3v) is 4.75. The quantitative estimate of drug-likeness (QED) is 0.728. The first-order chi connectivity index (χ1) is 8.45. The molecular formula is C12H27N3O2S. The van der Waals surface area contributed by atoms with E-state index in [2.05, 4.69) is 23.9 Å². The average Bonchev–Trinajstić information content (AvgIpc) is 2.34. The molecule has 0 saturated carbocycles. The summed E-state index contributed by atoms with van der Waals surface area (Å²) in [6.07, 6.45) is 2.89. The Labute approximate surface area is 112 Å². The highest BCUT2D eigenvalue weighted by atomic mass is 32.2. The second-order valence-electron chi connectivity index (χ2n) is 5.33. The molecule has 1 aliphatic rings. The molecule has 0 spiro atoms. The van der Waals surface area contributed by atoms with Crippen molar-refractivity contribution in [2.45, 2.75) is 46.1 Å². The van der Waals surface area contributed by atoms with Gasteiger partial charge in [0.05, 0.1) is 0 Å². The summed E-state index contributed by atoms with van der Waals surface area (Å²) in [6, 6.07) is 0.454. The average molecular weight is 277 g/mol. The molecule has 1 heterocycles. The summed E-state index contributed by atoms with van der Waals surface area (Å²) in [7, 11) is -3.26. The van der Waals surface area contributed by atoms with Gasteiger partial charge < -0.3 is 5.32 Å². The first kappa shape index (κ1) is 15.9. The standard InChI is InChI=1S/C12H27N3O2S/c1-4-7-14-18(16,17)15-8-5-6-12(10-15)9-13-11(2)3/h11-14H,4-10H2,1-3H3. The molecule has 18 heavy (non-hydrogen) atoms. The van der Waals surface area contributed by atoms with E-state index in [9.17, 15) is 8.42 Å². The van der Waals surface area contributed by atoms with E-state index in [0.717, 1.165) is 25.8 Å². The highest BCUT2D eigenvalue weighted by molar-refractivity contribution is 7.87. The van der Waals surface area contributed by atoms with Crippen LogP contribution in [-0.4, -0.2) is 44.9 Å². The smallest absolute Gasteiger partial charge is 0.279 e. The maximum Gasteiger partial charge on any atom is 0.279 e. The molecule has 0 amide bonds. The summed E-state index contributed by atoms with van der Waals surface area (Å²) in [5.41, 5.74) is 0. The summed E-state index contributed by atoms with van der Waals surface area (Å²) in [5.74, 6) is 0.430. The largest absolute Gasteiger partial charge is 0.314 e. The van der Waals surface area contributed by atoms with Crippen molar-refractivity contribution in [1.82, 2.24) is 14.3 Å². The van der Waals surface area contributed by atoms with E-state index in [4.69, 9.17) is 0 Å². The molecule has 6 heteroatoms. The monoisotopic (exact) mass is 277 g/mol. The van der Waals surface area contributed by atoms with Crippen LogP contribution in [0.1, 0.15) is 40.0 Å². The van der Waals surface area contributed by atoms with Crippen LogP contribution in [0.3, 0.4) is 0 Å². The lowest BCUT2D eigenvalue weighted by Crippen LogP contribution is -2.48. The van der Waals surface area contributed by atoms with Gasteiger partial charge in [-0.3, -0.25) is 0 Å². The summed E-state index contributed by atoms with van der Waals surface area (Å²) in [4.78, 5) is 0. The molecule has 0 radical (unpaired) electrons. The lowest BCUT2D eigenvalue weighted by Gasteiger charge is -2.32. The van der Waals surface area contributed by atoms with Gasteiger partial charge in [-0.15, -0.1) is 0 Å². The van der Waals surface area contributed by atoms with Crippen molar-refractivity contribution in [2.24, 2.45) is 5.92 Å². The minimum atomic E-state index is -3.26. The topological polar surface area (TPSA) is 61.4 Å². The molecule has 0 aliphatic carbocycles. The summed E-state index contributed by atoms with van der Waals surface area (Å²) in [6.45, 7) is 8.90. The fourth-order valence-corrected chi connectivity index (χ4v) is 3.56. The molecule has 108 valence electrons. The summed E-state index contributed by atoms with van der Waals surface area (Å²) >= 11 is 0. The Bertz CT molecular complexity index is 330. The van der Waals surface area contributed by atoms with E-state index >= 15 is 0 Å². The van der Waals surface area contributed by atoms with Crippen LogP contribution in [0.2, 0.25) is 0 Å². The predicted octanol–water partition coefficient (Wildman–Crippen LogP) is 0.941. The molecule has 2 N–H and O–H groups in total. The van der Waals surface area contributed by atoms with Crippen LogP contribution in [0.4, 0.5) is 0 Å². The fraction of sp³-hybridized carbons (Fsp3) is 1.00. The number of nitrogens with one attached hydrogen (secondary N) is 2. The molecule has 0 bridgehead atoms. The van der Waals surface area contributed by atoms with Gasteiger partial charge in [-0.1, -0.05) is 20.8 Å². The molecule has 0 aromatic heterocycles. The van der Waals surface area contributed by atoms with E-state index in [1.165, 1.54) is 0 Å². The molecule has 1 unspecified atom stereocenters. The lowest BCUT2D eigenvalue weighted by atomic mass is 9.99. The zero-order chi connectivity index (χ0) is 13.6. The van der Waals surface area contributed by atoms with Crippen molar-refractivity contribution >= 4 is 10.2 Å². The Morgan fingerprint density at radius 3 is 2.72 bits per heavy atom. The molecule has 1 saturated heterocycles. The van der Waals surface area contributed by atoms with Gasteiger partial charge >= 0.3 is 0 Å². The fourth-order valence-electron chi connectivity index (χ4n) is 2.14. The van der Waals surface area contributed by atoms with Crippen LogP contribution in [0.25, 0.3) is 0 Å². The van der Waals surface area contributed by atoms with Crippen molar-refractivity contribution in [3.8, 4) is 0 Å². The maximum atomic E-state index is 12.0. The first-order valence-electron chi connectivity index (χ1n) is 6.93. The van der Waals surface area contributed by atoms with Crippen molar-refractivity contribution in [3.63, 3.8) is 0 Å². The number of nitrogens with zero attached hydrogens (tertiary/aromatic N) is 1. The van der Waals surface area contributed by atoms with Crippen LogP contribution in [-0.2, 0) is 10.2 Å². The Kier molecular flexibility index (Phi) is 6.55. The van der Waals surface area contributed by atoms with E-state index in [1.54, 1.807) is 4.31 Å². The lowest BCUT2D eigenvalue weighted by molar-refractivity contribution is 0.254. The normalized spacial score (nSPS) is 22.6. The minimum absolute atomic E-state index is 0.430. The van der Waals surface area contributed by atoms with E-state index in [0.29, 0.717) is 31.6 Å². The van der Waals surface area contributed by atoms with Gasteiger partial charge in [-0.25, -0.2) is 4.72 Å². The highest BCUT2D eigenvalue weighted by Crippen LogP contribution is 2.18. The van der Waals surface area contributed by atoms with Crippen molar-refractivity contribution in [1.29, 1.82) is 0 Å². The van der Waals surface area contributed by atoms with E-state index in [1.807, 2.05) is 6.92 Å². The molecule has 5 nitrogen and oxygen atoms in total. The number of piperidine rings is 1. The zero-order valence-electron chi connectivity index (χ0n) is 11.8. The predicted molar refractivity (Wildman–Crippen MR) is 74.6 cm³/mol. The van der Waals surface area contributed by atoms with Crippen molar-refractivity contribution in [2.75, 3.05) is 26.2 Å². The second kappa shape index (κ2) is 7.43. The summed E-state index contributed by atoms with van der Waals surface area (Å²) < 4.78 is 28.3. The van der Waals surface area contributed by atoms with Gasteiger partial charge in [0.25, 0.3) is 10.2 Å². The molecule has 1 aliphatic heterocycles. The number of hydrogen-bond donors (Lipinski definition) is 2. The van der Waals surface area contributed by atoms with Crippen LogP contribution >= 0.6 is 0 Å². The van der Waals surface area contributed by atoms with Crippen LogP contribution < -0.4 is 10.0 Å². The molecule has 1 fully saturated rings. The minimum Gasteiger partial charge on any atom is -0.314 e. The summed E-state index contributed by atoms with van der Waals surface area (Å²) in [5, 5.41) is 3.39. The Morgan fingerprint density at radius 2 is 2.11 bits per heavy atom. The molecule has 1 rings (SSSR count). The Morgan fingerprint density at radius 1 is 1.39 bits per heavy atom. The Hall–Kier alpha value is -0.170. The van der Waals surface area contributed by atoms with Crippen LogP contribution in [0.15, 0.2) is 0 Å². The molecule has 0 aromatic rings. The van der Waals surface area contributed by atoms with Crippen molar-refractivity contribution in [3.05, 3.63) is 0 Å². The highest BCUT2D eigenvalue weighted by Gasteiger charge is 2.28. The molecular weight excluding hydrogens is 250 g/mol. The zero-order valence-corrected chi connectivity index (χ0v) is 12.6. The van der Waals surface area contributed by atoms with Crippen molar-refractivity contribution < 1.29 is 8.42 Å². The number of hydrogen-bond acceptors (Lipinski definition) is 3. The SMILES string of the molecule is CCCNS(=O)(=O)N1CCCC(CNC(C)C)C1. The molecule has 1 atom stereocenters. The van der Waals surface area contributed by atoms with Gasteiger partial charge in [0.1, 0.15) is 0 Å². The number of rotatable bonds is 7. The van der Waals surface area contributed by atoms with E-state index < -0.39 is 10.2 Å². The van der Waals surface area contributed by atoms with Crippen LogP contribution in [0, 0.1) is 5.92 Å². The Balaban J connectivity index is 2.47. The third-order valence-electron chi connectivity index (χ3n) is 3.17. The maximum absolute atomic E-state index is 12.0. The van der Waals surface area contributed by atoms with Gasteiger partial charge in [0, 0.05) is 25.7 Å². The van der Waals surface area contributed by atoms with Gasteiger partial charge in [0.2, 0.25) is 0 Å². The van der Waals surface area contributed by atoms with E-state index in [-0.39, 0.29) is 0 Å². The molecule has 0 aromatic carbocycles. The van der Waals surface area contributed by atoms with Gasteiger partial charge in [-0.05, 0) is 31.7 Å².